The third-order valence-electron chi connectivity index (χ3n) is 2.60. The fourth-order valence-corrected chi connectivity index (χ4v) is 3.55. The molecule has 2 aromatic rings. The number of rotatable bonds is 3. The number of carbonyl (C=O) groups excluding carboxylic acids is 1. The zero-order valence-electron chi connectivity index (χ0n) is 10.3. The summed E-state index contributed by atoms with van der Waals surface area (Å²) in [5.74, 6) is -0.113. The number of nitrogens with two attached hydrogens (primary N) is 1. The van der Waals surface area contributed by atoms with E-state index in [1.54, 1.807) is 6.07 Å². The molecular weight excluding hydrogens is 452 g/mol. The van der Waals surface area contributed by atoms with Crippen LogP contribution in [0, 0.1) is 0 Å². The molecule has 0 aliphatic rings. The molecule has 0 saturated heterocycles. The third kappa shape index (κ3) is 4.07. The van der Waals surface area contributed by atoms with Crippen molar-refractivity contribution in [2.75, 3.05) is 11.1 Å². The van der Waals surface area contributed by atoms with E-state index in [1.807, 2.05) is 30.3 Å². The van der Waals surface area contributed by atoms with Gasteiger partial charge in [0.2, 0.25) is 5.91 Å². The van der Waals surface area contributed by atoms with Crippen molar-refractivity contribution < 1.29 is 4.79 Å². The van der Waals surface area contributed by atoms with Crippen molar-refractivity contribution in [3.05, 3.63) is 55.4 Å². The zero-order valence-corrected chi connectivity index (χ0v) is 15.0. The lowest BCUT2D eigenvalue weighted by atomic mass is 10.1. The first-order chi connectivity index (χ1) is 9.45. The van der Waals surface area contributed by atoms with Gasteiger partial charge >= 0.3 is 0 Å². The van der Waals surface area contributed by atoms with E-state index < -0.39 is 0 Å². The van der Waals surface area contributed by atoms with Crippen molar-refractivity contribution in [3.63, 3.8) is 0 Å². The Kier molecular flexibility index (Phi) is 5.23. The number of halogens is 3. The Morgan fingerprint density at radius 3 is 2.50 bits per heavy atom. The maximum Gasteiger partial charge on any atom is 0.228 e. The average molecular weight is 463 g/mol. The molecule has 3 N–H and O–H groups in total. The second-order valence-electron chi connectivity index (χ2n) is 4.21. The minimum absolute atomic E-state index is 0.113. The molecule has 0 aliphatic carbocycles. The number of amides is 1. The van der Waals surface area contributed by atoms with E-state index in [9.17, 15) is 4.79 Å². The van der Waals surface area contributed by atoms with Crippen molar-refractivity contribution in [3.8, 4) is 0 Å². The van der Waals surface area contributed by atoms with Gasteiger partial charge in [0, 0.05) is 13.4 Å². The second-order valence-corrected chi connectivity index (χ2v) is 6.89. The van der Waals surface area contributed by atoms with Crippen molar-refractivity contribution in [2.24, 2.45) is 0 Å². The molecule has 6 heteroatoms. The Bertz CT molecular complexity index is 636. The summed E-state index contributed by atoms with van der Waals surface area (Å²) in [5, 5.41) is 2.83. The summed E-state index contributed by atoms with van der Waals surface area (Å²) >= 11 is 10.1. The topological polar surface area (TPSA) is 55.1 Å². The lowest BCUT2D eigenvalue weighted by Gasteiger charge is -2.11. The normalized spacial score (nSPS) is 10.3. The van der Waals surface area contributed by atoms with Gasteiger partial charge in [0.25, 0.3) is 0 Å². The van der Waals surface area contributed by atoms with Gasteiger partial charge in [0.05, 0.1) is 17.8 Å². The molecule has 2 aromatic carbocycles. The summed E-state index contributed by atoms with van der Waals surface area (Å²) in [6.07, 6.45) is 0.293. The van der Waals surface area contributed by atoms with E-state index in [2.05, 4.69) is 53.1 Å². The highest BCUT2D eigenvalue weighted by Gasteiger charge is 2.11. The average Bonchev–Trinajstić information content (AvgIpc) is 2.33. The minimum Gasteiger partial charge on any atom is -0.397 e. The van der Waals surface area contributed by atoms with Crippen LogP contribution in [0.1, 0.15) is 5.56 Å². The Hall–Kier alpha value is -0.850. The molecule has 0 saturated carbocycles. The van der Waals surface area contributed by atoms with E-state index >= 15 is 0 Å². The van der Waals surface area contributed by atoms with Crippen LogP contribution in [0.15, 0.2) is 49.8 Å². The van der Waals surface area contributed by atoms with Crippen molar-refractivity contribution in [1.29, 1.82) is 0 Å². The Labute approximate surface area is 142 Å². The fraction of sp³-hybridized carbons (Fsp3) is 0.0714. The molecule has 0 unspecified atom stereocenters. The van der Waals surface area contributed by atoms with E-state index in [-0.39, 0.29) is 5.91 Å². The van der Waals surface area contributed by atoms with Crippen molar-refractivity contribution in [1.82, 2.24) is 0 Å². The second kappa shape index (κ2) is 6.74. The molecule has 0 aliphatic heterocycles. The minimum atomic E-state index is -0.113. The number of carbonyl (C=O) groups is 1. The van der Waals surface area contributed by atoms with Gasteiger partial charge in [-0.1, -0.05) is 44.0 Å². The Balaban J connectivity index is 2.13. The first-order valence-electron chi connectivity index (χ1n) is 5.74. The third-order valence-corrected chi connectivity index (χ3v) is 4.18. The summed E-state index contributed by atoms with van der Waals surface area (Å²) in [4.78, 5) is 12.1. The van der Waals surface area contributed by atoms with Crippen LogP contribution in [-0.2, 0) is 11.2 Å². The zero-order chi connectivity index (χ0) is 14.7. The molecule has 1 amide bonds. The predicted molar refractivity (Wildman–Crippen MR) is 92.7 cm³/mol. The molecule has 0 heterocycles. The summed E-state index contributed by atoms with van der Waals surface area (Å²) < 4.78 is 2.55. The van der Waals surface area contributed by atoms with Gasteiger partial charge in [-0.05, 0) is 45.8 Å². The first-order valence-corrected chi connectivity index (χ1v) is 8.12. The van der Waals surface area contributed by atoms with E-state index in [0.717, 1.165) is 19.0 Å². The van der Waals surface area contributed by atoms with Crippen LogP contribution in [0.3, 0.4) is 0 Å². The number of benzene rings is 2. The maximum atomic E-state index is 12.1. The van der Waals surface area contributed by atoms with Crippen LogP contribution >= 0.6 is 47.8 Å². The van der Waals surface area contributed by atoms with E-state index in [1.165, 1.54) is 0 Å². The van der Waals surface area contributed by atoms with Gasteiger partial charge in [-0.2, -0.15) is 0 Å². The number of anilines is 2. The molecule has 3 nitrogen and oxygen atoms in total. The largest absolute Gasteiger partial charge is 0.397 e. The molecule has 0 aromatic heterocycles. The Morgan fingerprint density at radius 1 is 1.10 bits per heavy atom. The van der Waals surface area contributed by atoms with Crippen LogP contribution in [-0.4, -0.2) is 5.91 Å². The van der Waals surface area contributed by atoms with Crippen LogP contribution < -0.4 is 11.1 Å². The van der Waals surface area contributed by atoms with Crippen LogP contribution in [0.5, 0.6) is 0 Å². The molecule has 2 rings (SSSR count). The number of nitrogen functional groups attached to an aromatic ring is 1. The molecule has 0 spiro atoms. The molecule has 0 bridgehead atoms. The smallest absolute Gasteiger partial charge is 0.228 e. The maximum absolute atomic E-state index is 12.1. The van der Waals surface area contributed by atoms with Gasteiger partial charge in [-0.15, -0.1) is 0 Å². The van der Waals surface area contributed by atoms with Crippen molar-refractivity contribution in [2.45, 2.75) is 6.42 Å². The number of hydrogen-bond donors (Lipinski definition) is 2. The quantitative estimate of drug-likeness (QED) is 0.647. The number of nitrogens with one attached hydrogen (secondary N) is 1. The summed E-state index contributed by atoms with van der Waals surface area (Å²) in [7, 11) is 0. The molecule has 20 heavy (non-hydrogen) atoms. The summed E-state index contributed by atoms with van der Waals surface area (Å²) in [6.45, 7) is 0. The molecule has 0 radical (unpaired) electrons. The summed E-state index contributed by atoms with van der Waals surface area (Å²) in [5.41, 5.74) is 7.94. The van der Waals surface area contributed by atoms with Gasteiger partial charge < -0.3 is 11.1 Å². The SMILES string of the molecule is Nc1cc(Br)cc(Br)c1NC(=O)Cc1cccc(Br)c1. The highest BCUT2D eigenvalue weighted by atomic mass is 79.9. The number of hydrogen-bond acceptors (Lipinski definition) is 2. The van der Waals surface area contributed by atoms with Crippen LogP contribution in [0.4, 0.5) is 11.4 Å². The van der Waals surface area contributed by atoms with E-state index in [4.69, 9.17) is 5.73 Å². The molecular formula is C14H11Br3N2O. The monoisotopic (exact) mass is 460 g/mol. The van der Waals surface area contributed by atoms with Gasteiger partial charge in [-0.25, -0.2) is 0 Å². The molecule has 0 fully saturated rings. The summed E-state index contributed by atoms with van der Waals surface area (Å²) in [6, 6.07) is 11.2. The Morgan fingerprint density at radius 2 is 1.85 bits per heavy atom. The van der Waals surface area contributed by atoms with Gasteiger partial charge in [0.1, 0.15) is 0 Å². The van der Waals surface area contributed by atoms with Gasteiger partial charge in [0.15, 0.2) is 0 Å². The molecule has 104 valence electrons. The highest BCUT2D eigenvalue weighted by Crippen LogP contribution is 2.32. The lowest BCUT2D eigenvalue weighted by molar-refractivity contribution is -0.115. The van der Waals surface area contributed by atoms with Gasteiger partial charge in [-0.3, -0.25) is 4.79 Å². The van der Waals surface area contributed by atoms with Crippen molar-refractivity contribution >= 4 is 65.1 Å². The van der Waals surface area contributed by atoms with E-state index in [0.29, 0.717) is 17.8 Å². The molecule has 0 atom stereocenters. The lowest BCUT2D eigenvalue weighted by Crippen LogP contribution is -2.16. The predicted octanol–water partition coefficient (Wildman–Crippen LogP) is 4.74. The fourth-order valence-electron chi connectivity index (χ4n) is 1.74. The van der Waals surface area contributed by atoms with Crippen LogP contribution in [0.25, 0.3) is 0 Å². The highest BCUT2D eigenvalue weighted by molar-refractivity contribution is 9.11. The standard InChI is InChI=1S/C14H11Br3N2O/c15-9-3-1-2-8(4-9)5-13(20)19-14-11(17)6-10(16)7-12(14)18/h1-4,6-7H,5,18H2,(H,19,20). The van der Waals surface area contributed by atoms with Crippen LogP contribution in [0.2, 0.25) is 0 Å². The first kappa shape index (κ1) is 15.5.